The fourth-order valence-corrected chi connectivity index (χ4v) is 0. The number of alkyl halides is 1. The molecule has 0 aliphatic carbocycles. The van der Waals surface area contributed by atoms with E-state index in [1.54, 1.807) is 0 Å². The highest BCUT2D eigenvalue weighted by molar-refractivity contribution is 9.10. The fourth-order valence-electron chi connectivity index (χ4n) is 0. The summed E-state index contributed by atoms with van der Waals surface area (Å²) in [4.78, 5) is 0. The second kappa shape index (κ2) is 2.81. The lowest BCUT2D eigenvalue weighted by Gasteiger charge is -1.92. The molecule has 0 spiro atoms. The van der Waals surface area contributed by atoms with E-state index in [0.29, 0.717) is 0 Å². The van der Waals surface area contributed by atoms with Gasteiger partial charge in [-0.1, -0.05) is 15.9 Å². The highest BCUT2D eigenvalue weighted by atomic mass is 79.9. The van der Waals surface area contributed by atoms with Gasteiger partial charge in [0.2, 0.25) is 0 Å². The van der Waals surface area contributed by atoms with E-state index >= 15 is 0 Å². The Kier molecular flexibility index (Phi) is 3.14. The number of hydrogen-bond acceptors (Lipinski definition) is 2. The van der Waals surface area contributed by atoms with Crippen LogP contribution >= 0.6 is 15.9 Å². The summed E-state index contributed by atoms with van der Waals surface area (Å²) in [6.45, 7) is 0. The number of halogens is 1. The summed E-state index contributed by atoms with van der Waals surface area (Å²) in [6, 6.07) is 0. The van der Waals surface area contributed by atoms with E-state index in [-0.39, 0.29) is 4.66 Å². The molecule has 32 valence electrons. The summed E-state index contributed by atoms with van der Waals surface area (Å²) in [5, 5.41) is 0. The van der Waals surface area contributed by atoms with Crippen molar-refractivity contribution < 1.29 is 8.76 Å². The highest BCUT2D eigenvalue weighted by Crippen LogP contribution is 1.79. The summed E-state index contributed by atoms with van der Waals surface area (Å²) in [5.74, 6) is 0. The molecule has 0 N–H and O–H groups in total. The Morgan fingerprint density at radius 1 is 2.00 bits per heavy atom. The largest absolute Gasteiger partial charge is 0.772 e. The van der Waals surface area contributed by atoms with E-state index < -0.39 is 11.1 Å². The molecule has 4 heteroatoms. The molecule has 0 radical (unpaired) electrons. The van der Waals surface area contributed by atoms with Crippen molar-refractivity contribution in [2.45, 2.75) is 0 Å². The maximum atomic E-state index is 9.32. The van der Waals surface area contributed by atoms with Gasteiger partial charge in [0.15, 0.2) is 0 Å². The SMILES string of the molecule is O=S([O-])CBr. The molecule has 0 fully saturated rings. The van der Waals surface area contributed by atoms with Crippen LogP contribution in [0.15, 0.2) is 0 Å². The van der Waals surface area contributed by atoms with Crippen molar-refractivity contribution in [3.63, 3.8) is 0 Å². The number of hydrogen-bond donors (Lipinski definition) is 0. The Morgan fingerprint density at radius 2 is 2.20 bits per heavy atom. The van der Waals surface area contributed by atoms with Gasteiger partial charge in [-0.25, -0.2) is 0 Å². The lowest BCUT2D eigenvalue weighted by Crippen LogP contribution is -1.82. The van der Waals surface area contributed by atoms with Gasteiger partial charge in [-0.05, 0) is 11.1 Å². The van der Waals surface area contributed by atoms with Gasteiger partial charge in [0, 0.05) is 0 Å². The molecule has 0 bridgehead atoms. The van der Waals surface area contributed by atoms with Crippen molar-refractivity contribution in [2.24, 2.45) is 0 Å². The molecule has 0 aromatic rings. The molecule has 0 amide bonds. The Bertz CT molecular complexity index is 44.9. The van der Waals surface area contributed by atoms with Gasteiger partial charge >= 0.3 is 0 Å². The molecule has 0 aromatic heterocycles. The Labute approximate surface area is 41.0 Å². The Balaban J connectivity index is 2.85. The third-order valence-corrected chi connectivity index (χ3v) is 1.39. The predicted octanol–water partition coefficient (Wildman–Crippen LogP) is 0.218. The predicted molar refractivity (Wildman–Crippen MR) is 22.7 cm³/mol. The quantitative estimate of drug-likeness (QED) is 0.404. The summed E-state index contributed by atoms with van der Waals surface area (Å²) in [5.41, 5.74) is 0. The summed E-state index contributed by atoms with van der Waals surface area (Å²) in [6.07, 6.45) is 0. The second-order valence-electron chi connectivity index (χ2n) is 0.413. The molecule has 0 aliphatic heterocycles. The van der Waals surface area contributed by atoms with Gasteiger partial charge in [0.05, 0.1) is 4.66 Å². The van der Waals surface area contributed by atoms with E-state index in [9.17, 15) is 8.76 Å². The van der Waals surface area contributed by atoms with Crippen LogP contribution < -0.4 is 0 Å². The third-order valence-electron chi connectivity index (χ3n) is 0.0891. The first-order valence-electron chi connectivity index (χ1n) is 0.889. The molecule has 1 atom stereocenters. The zero-order chi connectivity index (χ0) is 4.28. The lowest BCUT2D eigenvalue weighted by atomic mass is 11.9. The minimum atomic E-state index is -1.91. The monoisotopic (exact) mass is 157 g/mol. The maximum Gasteiger partial charge on any atom is 0.0658 e. The van der Waals surface area contributed by atoms with E-state index in [2.05, 4.69) is 15.9 Å². The van der Waals surface area contributed by atoms with Crippen molar-refractivity contribution in [1.82, 2.24) is 0 Å². The topological polar surface area (TPSA) is 40.1 Å². The molecule has 5 heavy (non-hydrogen) atoms. The van der Waals surface area contributed by atoms with E-state index in [0.717, 1.165) is 0 Å². The first kappa shape index (κ1) is 5.59. The first-order valence-corrected chi connectivity index (χ1v) is 3.25. The van der Waals surface area contributed by atoms with E-state index in [1.807, 2.05) is 0 Å². The van der Waals surface area contributed by atoms with Gasteiger partial charge < -0.3 is 4.55 Å². The zero-order valence-electron chi connectivity index (χ0n) is 2.31. The summed E-state index contributed by atoms with van der Waals surface area (Å²) < 4.78 is 18.7. The van der Waals surface area contributed by atoms with E-state index in [4.69, 9.17) is 0 Å². The number of rotatable bonds is 1. The van der Waals surface area contributed by atoms with Crippen molar-refractivity contribution in [3.05, 3.63) is 0 Å². The van der Waals surface area contributed by atoms with Crippen LogP contribution in [0.2, 0.25) is 0 Å². The molecule has 0 aliphatic rings. The van der Waals surface area contributed by atoms with Crippen LogP contribution in [0.4, 0.5) is 0 Å². The average molecular weight is 158 g/mol. The molecule has 0 rings (SSSR count). The fraction of sp³-hybridized carbons (Fsp3) is 1.00. The van der Waals surface area contributed by atoms with Crippen LogP contribution in [0.3, 0.4) is 0 Å². The van der Waals surface area contributed by atoms with Gasteiger partial charge in [-0.2, -0.15) is 0 Å². The van der Waals surface area contributed by atoms with Crippen LogP contribution in [-0.2, 0) is 11.1 Å². The Hall–Kier alpha value is 0.590. The maximum absolute atomic E-state index is 9.32. The molecule has 1 unspecified atom stereocenters. The van der Waals surface area contributed by atoms with E-state index in [1.165, 1.54) is 0 Å². The molecule has 0 saturated heterocycles. The van der Waals surface area contributed by atoms with Crippen LogP contribution in [-0.4, -0.2) is 13.4 Å². The van der Waals surface area contributed by atoms with Crippen LogP contribution in [0.5, 0.6) is 0 Å². The standard InChI is InChI=1S/CH3BrO2S/c2-1-5(3)4/h1H2,(H,3,4)/p-1. The molecular weight excluding hydrogens is 156 g/mol. The van der Waals surface area contributed by atoms with Crippen LogP contribution in [0, 0.1) is 0 Å². The van der Waals surface area contributed by atoms with Gasteiger partial charge in [0.1, 0.15) is 0 Å². The molecule has 0 heterocycles. The smallest absolute Gasteiger partial charge is 0.0658 e. The molecule has 2 nitrogen and oxygen atoms in total. The zero-order valence-corrected chi connectivity index (χ0v) is 4.71. The van der Waals surface area contributed by atoms with Gasteiger partial charge in [0.25, 0.3) is 0 Å². The van der Waals surface area contributed by atoms with Crippen LogP contribution in [0.25, 0.3) is 0 Å². The van der Waals surface area contributed by atoms with Crippen LogP contribution in [0.1, 0.15) is 0 Å². The van der Waals surface area contributed by atoms with Gasteiger partial charge in [-0.15, -0.1) is 0 Å². The molecule has 0 saturated carbocycles. The summed E-state index contributed by atoms with van der Waals surface area (Å²) >= 11 is 0.795. The Morgan fingerprint density at radius 3 is 2.20 bits per heavy atom. The minimum Gasteiger partial charge on any atom is -0.772 e. The lowest BCUT2D eigenvalue weighted by molar-refractivity contribution is 0.542. The minimum absolute atomic E-state index is 0.0347. The van der Waals surface area contributed by atoms with Gasteiger partial charge in [-0.3, -0.25) is 4.21 Å². The summed E-state index contributed by atoms with van der Waals surface area (Å²) in [7, 11) is 0. The normalized spacial score (nSPS) is 14.8. The van der Waals surface area contributed by atoms with Crippen molar-refractivity contribution >= 4 is 27.0 Å². The highest BCUT2D eigenvalue weighted by Gasteiger charge is 1.64. The van der Waals surface area contributed by atoms with Crippen molar-refractivity contribution in [2.75, 3.05) is 4.66 Å². The first-order chi connectivity index (χ1) is 2.27. The average Bonchev–Trinajstić information content (AvgIpc) is 1.38. The second-order valence-corrected chi connectivity index (χ2v) is 2.61. The van der Waals surface area contributed by atoms with Crippen molar-refractivity contribution in [1.29, 1.82) is 0 Å². The molecule has 0 aromatic carbocycles. The van der Waals surface area contributed by atoms with Crippen molar-refractivity contribution in [3.8, 4) is 0 Å². The third kappa shape index (κ3) is 4.59. The molecular formula is CH2BrO2S-.